The Morgan fingerprint density at radius 1 is 1.10 bits per heavy atom. The predicted octanol–water partition coefficient (Wildman–Crippen LogP) is 4.69. The quantitative estimate of drug-likeness (QED) is 0.495. The van der Waals surface area contributed by atoms with Gasteiger partial charge in [0.1, 0.15) is 9.84 Å². The summed E-state index contributed by atoms with van der Waals surface area (Å²) in [5, 5.41) is 1.44. The second-order valence-electron chi connectivity index (χ2n) is 4.93. The third-order valence-electron chi connectivity index (χ3n) is 3.36. The molecule has 6 heteroatoms. The van der Waals surface area contributed by atoms with E-state index in [0.29, 0.717) is 12.8 Å². The van der Waals surface area contributed by atoms with E-state index >= 15 is 0 Å². The van der Waals surface area contributed by atoms with Crippen molar-refractivity contribution in [3.63, 3.8) is 0 Å². The van der Waals surface area contributed by atoms with E-state index < -0.39 is 9.84 Å². The molecule has 0 aromatic heterocycles. The molecule has 0 radical (unpaired) electrons. The highest BCUT2D eigenvalue weighted by Gasteiger charge is 2.33. The Hall–Kier alpha value is 0.610. The summed E-state index contributed by atoms with van der Waals surface area (Å²) in [6, 6.07) is 8.00. The van der Waals surface area contributed by atoms with Gasteiger partial charge in [-0.25, -0.2) is 8.42 Å². The van der Waals surface area contributed by atoms with E-state index in [4.69, 9.17) is 0 Å². The van der Waals surface area contributed by atoms with Gasteiger partial charge in [-0.05, 0) is 24.5 Å². The van der Waals surface area contributed by atoms with Gasteiger partial charge in [-0.2, -0.15) is 0 Å². The maximum Gasteiger partial charge on any atom is 0.150 e. The number of alkyl halides is 2. The van der Waals surface area contributed by atoms with Crippen molar-refractivity contribution in [2.45, 2.75) is 25.2 Å². The first-order valence-corrected chi connectivity index (χ1v) is 11.3. The third kappa shape index (κ3) is 4.82. The lowest BCUT2D eigenvalue weighted by atomic mass is 9.82. The topological polar surface area (TPSA) is 34.1 Å². The van der Waals surface area contributed by atoms with Gasteiger partial charge < -0.3 is 0 Å². The standard InChI is InChI=1S/C14H19Br3O2S/c1-2-8-20(18,19)9-7-14(10-15,11-16)12-5-3-4-6-13(12)17/h3-6H,2,7-11H2,1H3. The molecule has 114 valence electrons. The number of rotatable bonds is 8. The van der Waals surface area contributed by atoms with Crippen LogP contribution in [0, 0.1) is 0 Å². The molecule has 0 heterocycles. The summed E-state index contributed by atoms with van der Waals surface area (Å²) >= 11 is 10.7. The number of hydrogen-bond acceptors (Lipinski definition) is 2. The number of sulfone groups is 1. The van der Waals surface area contributed by atoms with Crippen molar-refractivity contribution in [1.82, 2.24) is 0 Å². The zero-order valence-corrected chi connectivity index (χ0v) is 17.0. The highest BCUT2D eigenvalue weighted by molar-refractivity contribution is 9.10. The van der Waals surface area contributed by atoms with E-state index in [0.717, 1.165) is 20.7 Å². The van der Waals surface area contributed by atoms with Crippen LogP contribution in [0.4, 0.5) is 0 Å². The van der Waals surface area contributed by atoms with Crippen LogP contribution in [0.15, 0.2) is 28.7 Å². The van der Waals surface area contributed by atoms with Crippen LogP contribution in [0.25, 0.3) is 0 Å². The molecular formula is C14H19Br3O2S. The fourth-order valence-corrected chi connectivity index (χ4v) is 6.43. The molecule has 0 atom stereocenters. The van der Waals surface area contributed by atoms with Crippen molar-refractivity contribution < 1.29 is 8.42 Å². The minimum atomic E-state index is -2.96. The zero-order chi connectivity index (χ0) is 15.2. The average molecular weight is 491 g/mol. The average Bonchev–Trinajstić information content (AvgIpc) is 2.42. The normalized spacial score (nSPS) is 12.6. The summed E-state index contributed by atoms with van der Waals surface area (Å²) in [6.07, 6.45) is 1.28. The summed E-state index contributed by atoms with van der Waals surface area (Å²) in [4.78, 5) is 0. The van der Waals surface area contributed by atoms with Gasteiger partial charge in [-0.15, -0.1) is 0 Å². The van der Waals surface area contributed by atoms with E-state index in [1.165, 1.54) is 0 Å². The summed E-state index contributed by atoms with van der Waals surface area (Å²) < 4.78 is 25.0. The molecule has 0 saturated carbocycles. The first kappa shape index (κ1) is 18.7. The highest BCUT2D eigenvalue weighted by Crippen LogP contribution is 2.37. The molecule has 0 N–H and O–H groups in total. The van der Waals surface area contributed by atoms with Crippen LogP contribution in [-0.4, -0.2) is 30.6 Å². The van der Waals surface area contributed by atoms with Gasteiger partial charge in [-0.3, -0.25) is 0 Å². The van der Waals surface area contributed by atoms with Gasteiger partial charge in [-0.1, -0.05) is 72.9 Å². The van der Waals surface area contributed by atoms with Crippen molar-refractivity contribution >= 4 is 57.6 Å². The molecule has 0 aliphatic carbocycles. The number of benzene rings is 1. The minimum Gasteiger partial charge on any atom is -0.229 e. The predicted molar refractivity (Wildman–Crippen MR) is 97.0 cm³/mol. The van der Waals surface area contributed by atoms with E-state index in [2.05, 4.69) is 53.9 Å². The van der Waals surface area contributed by atoms with Crippen LogP contribution in [0.1, 0.15) is 25.3 Å². The monoisotopic (exact) mass is 488 g/mol. The van der Waals surface area contributed by atoms with E-state index in [9.17, 15) is 8.42 Å². The fraction of sp³-hybridized carbons (Fsp3) is 0.571. The molecule has 0 bridgehead atoms. The lowest BCUT2D eigenvalue weighted by molar-refractivity contribution is 0.521. The maximum atomic E-state index is 12.0. The van der Waals surface area contributed by atoms with Crippen LogP contribution in [0.2, 0.25) is 0 Å². The first-order chi connectivity index (χ1) is 9.40. The molecule has 0 amide bonds. The van der Waals surface area contributed by atoms with Crippen molar-refractivity contribution in [3.05, 3.63) is 34.3 Å². The Bertz CT molecular complexity index is 525. The van der Waals surface area contributed by atoms with Crippen LogP contribution in [-0.2, 0) is 15.3 Å². The van der Waals surface area contributed by atoms with Gasteiger partial charge in [0.15, 0.2) is 0 Å². The third-order valence-corrected chi connectivity index (χ3v) is 8.06. The van der Waals surface area contributed by atoms with Crippen molar-refractivity contribution in [2.75, 3.05) is 22.2 Å². The molecule has 0 aliphatic rings. The van der Waals surface area contributed by atoms with Crippen LogP contribution in [0.5, 0.6) is 0 Å². The van der Waals surface area contributed by atoms with Crippen LogP contribution >= 0.6 is 47.8 Å². The SMILES string of the molecule is CCCS(=O)(=O)CCC(CBr)(CBr)c1ccccc1Br. The molecule has 0 aliphatic heterocycles. The summed E-state index contributed by atoms with van der Waals surface area (Å²) in [5.74, 6) is 0.489. The lowest BCUT2D eigenvalue weighted by Gasteiger charge is -2.31. The Morgan fingerprint density at radius 2 is 1.70 bits per heavy atom. The number of halogens is 3. The van der Waals surface area contributed by atoms with Crippen molar-refractivity contribution in [1.29, 1.82) is 0 Å². The second-order valence-corrected chi connectivity index (χ2v) is 9.21. The Labute approximate surface area is 147 Å². The Morgan fingerprint density at radius 3 is 2.20 bits per heavy atom. The summed E-state index contributed by atoms with van der Waals surface area (Å²) in [6.45, 7) is 1.90. The van der Waals surface area contributed by atoms with Gasteiger partial charge in [0.2, 0.25) is 0 Å². The van der Waals surface area contributed by atoms with E-state index in [1.54, 1.807) is 0 Å². The van der Waals surface area contributed by atoms with Gasteiger partial charge in [0, 0.05) is 26.3 Å². The Kier molecular flexibility index (Phi) is 7.74. The molecule has 2 nitrogen and oxygen atoms in total. The Balaban J connectivity index is 3.02. The van der Waals surface area contributed by atoms with Crippen molar-refractivity contribution in [3.8, 4) is 0 Å². The lowest BCUT2D eigenvalue weighted by Crippen LogP contribution is -2.33. The molecule has 0 unspecified atom stereocenters. The fourth-order valence-electron chi connectivity index (χ4n) is 2.10. The zero-order valence-electron chi connectivity index (χ0n) is 11.4. The smallest absolute Gasteiger partial charge is 0.150 e. The van der Waals surface area contributed by atoms with Gasteiger partial charge >= 0.3 is 0 Å². The highest BCUT2D eigenvalue weighted by atomic mass is 79.9. The molecule has 20 heavy (non-hydrogen) atoms. The van der Waals surface area contributed by atoms with Gasteiger partial charge in [0.05, 0.1) is 5.75 Å². The molecule has 1 rings (SSSR count). The molecule has 1 aromatic rings. The van der Waals surface area contributed by atoms with Crippen molar-refractivity contribution in [2.24, 2.45) is 0 Å². The maximum absolute atomic E-state index is 12.0. The molecule has 0 saturated heterocycles. The second kappa shape index (κ2) is 8.30. The van der Waals surface area contributed by atoms with E-state index in [1.807, 2.05) is 25.1 Å². The molecule has 1 aromatic carbocycles. The molecule has 0 fully saturated rings. The number of hydrogen-bond donors (Lipinski definition) is 0. The minimum absolute atomic E-state index is 0.221. The van der Waals surface area contributed by atoms with Crippen LogP contribution < -0.4 is 0 Å². The molecule has 0 spiro atoms. The van der Waals surface area contributed by atoms with Gasteiger partial charge in [0.25, 0.3) is 0 Å². The van der Waals surface area contributed by atoms with E-state index in [-0.39, 0.29) is 16.9 Å². The molecular weight excluding hydrogens is 472 g/mol. The summed E-state index contributed by atoms with van der Waals surface area (Å²) in [7, 11) is -2.96. The summed E-state index contributed by atoms with van der Waals surface area (Å²) in [5.41, 5.74) is 0.918. The first-order valence-electron chi connectivity index (χ1n) is 6.48. The largest absolute Gasteiger partial charge is 0.229 e. The van der Waals surface area contributed by atoms with Crippen LogP contribution in [0.3, 0.4) is 0 Å².